The molecule has 389 valence electrons. The molecule has 23 nitrogen and oxygen atoms in total. The summed E-state index contributed by atoms with van der Waals surface area (Å²) in [6, 6.07) is -3.95. The summed E-state index contributed by atoms with van der Waals surface area (Å²) < 4.78 is 21.1. The van der Waals surface area contributed by atoms with E-state index in [2.05, 4.69) is 26.6 Å². The minimum Gasteiger partial charge on any atom is -0.481 e. The van der Waals surface area contributed by atoms with Gasteiger partial charge in [0.1, 0.15) is 31.3 Å². The molecule has 9 N–H and O–H groups in total. The molecule has 0 aromatic carbocycles. The fourth-order valence-corrected chi connectivity index (χ4v) is 6.41. The number of amides is 5. The zero-order valence-corrected chi connectivity index (χ0v) is 39.4. The predicted molar refractivity (Wildman–Crippen MR) is 243 cm³/mol. The lowest BCUT2D eigenvalue weighted by molar-refractivity contribution is -0.144. The smallest absolute Gasteiger partial charge is 0.326 e. The van der Waals surface area contributed by atoms with E-state index in [9.17, 15) is 58.2 Å². The molecule has 1 radical (unpaired) electrons. The average molecular weight is 975 g/mol. The number of hydrogen-bond acceptors (Lipinski definition) is 14. The molecule has 0 aliphatic rings. The Morgan fingerprint density at radius 2 is 0.735 bits per heavy atom. The van der Waals surface area contributed by atoms with Crippen LogP contribution in [0.5, 0.6) is 0 Å². The first kappa shape index (κ1) is 62.7. The van der Waals surface area contributed by atoms with Gasteiger partial charge in [-0.15, -0.1) is 0 Å². The van der Waals surface area contributed by atoms with Gasteiger partial charge in [-0.05, 0) is 32.1 Å². The molecule has 0 aliphatic carbocycles. The second-order valence-electron chi connectivity index (χ2n) is 16.0. The largest absolute Gasteiger partial charge is 0.481 e. The Labute approximate surface area is 398 Å². The number of carboxylic acid groups (broad SMARTS) is 4. The fraction of sp³-hybridized carbons (Fsp3) is 0.778. The van der Waals surface area contributed by atoms with Crippen molar-refractivity contribution < 1.29 is 87.3 Å². The van der Waals surface area contributed by atoms with Crippen LogP contribution in [0.15, 0.2) is 0 Å². The maximum Gasteiger partial charge on any atom is 0.326 e. The Morgan fingerprint density at radius 3 is 1.18 bits per heavy atom. The van der Waals surface area contributed by atoms with E-state index in [0.29, 0.717) is 6.42 Å². The van der Waals surface area contributed by atoms with Crippen LogP contribution in [0.2, 0.25) is 0 Å². The molecule has 0 rings (SSSR count). The van der Waals surface area contributed by atoms with Gasteiger partial charge in [-0.2, -0.15) is 0 Å². The maximum absolute atomic E-state index is 12.3. The van der Waals surface area contributed by atoms with Crippen LogP contribution in [-0.2, 0) is 66.9 Å². The molecule has 0 aromatic rings. The quantitative estimate of drug-likeness (QED) is 0.0392. The number of aliphatic carboxylic acids is 4. The summed E-state index contributed by atoms with van der Waals surface area (Å²) in [4.78, 5) is 116. The highest BCUT2D eigenvalue weighted by Crippen LogP contribution is 2.14. The Bertz CT molecular complexity index is 1480. The number of carbonyl (C=O) groups excluding carboxylic acids is 6. The van der Waals surface area contributed by atoms with E-state index >= 15 is 0 Å². The van der Waals surface area contributed by atoms with Gasteiger partial charge in [-0.25, -0.2) is 14.4 Å². The molecule has 68 heavy (non-hydrogen) atoms. The third-order valence-electron chi connectivity index (χ3n) is 10.1. The van der Waals surface area contributed by atoms with E-state index in [1.807, 2.05) is 0 Å². The first-order valence-electron chi connectivity index (χ1n) is 23.6. The van der Waals surface area contributed by atoms with Crippen molar-refractivity contribution in [3.63, 3.8) is 0 Å². The second-order valence-corrected chi connectivity index (χ2v) is 16.0. The molecule has 0 saturated carbocycles. The molecule has 0 aliphatic heterocycles. The van der Waals surface area contributed by atoms with Gasteiger partial charge in [-0.1, -0.05) is 77.0 Å². The van der Waals surface area contributed by atoms with Crippen LogP contribution < -0.4 is 26.6 Å². The van der Waals surface area contributed by atoms with E-state index in [-0.39, 0.29) is 116 Å². The molecule has 0 fully saturated rings. The molecule has 0 aromatic heterocycles. The van der Waals surface area contributed by atoms with Crippen molar-refractivity contribution >= 4 is 59.7 Å². The van der Waals surface area contributed by atoms with E-state index in [0.717, 1.165) is 51.4 Å². The summed E-state index contributed by atoms with van der Waals surface area (Å²) in [5, 5.41) is 48.7. The van der Waals surface area contributed by atoms with Crippen LogP contribution in [-0.4, -0.2) is 164 Å². The lowest BCUT2D eigenvalue weighted by atomic mass is 10.0. The van der Waals surface area contributed by atoms with Crippen LogP contribution in [0, 0.1) is 0 Å². The molecule has 0 heterocycles. The Balaban J connectivity index is 3.83. The summed E-state index contributed by atoms with van der Waals surface area (Å²) in [6.45, 7) is 0.120. The number of nitrogens with one attached hydrogen (secondary N) is 5. The zero-order valence-electron chi connectivity index (χ0n) is 39.4. The van der Waals surface area contributed by atoms with Gasteiger partial charge in [0.05, 0.1) is 39.6 Å². The topological polar surface area (TPSA) is 349 Å². The normalized spacial score (nSPS) is 12.2. The van der Waals surface area contributed by atoms with Crippen LogP contribution in [0.4, 0.5) is 0 Å². The Morgan fingerprint density at radius 1 is 0.382 bits per heavy atom. The first-order valence-corrected chi connectivity index (χ1v) is 23.6. The van der Waals surface area contributed by atoms with Gasteiger partial charge in [0, 0.05) is 45.2 Å². The van der Waals surface area contributed by atoms with Gasteiger partial charge >= 0.3 is 23.9 Å². The standard InChI is InChI=1S/C45H76N5O18/c51-25-15-16-34(43(59)60)48-39(54)22-20-36(45(63)64)50-41(56)33-68-31-29-66-27-24-47-40(55)32-67-30-28-65-26-23-46-37(52)21-19-35(44(61)62)49-38(53)17-13-11-9-7-5-3-1-2-4-6-8-10-12-14-18-42(57)58/h34-36H,1-24,26-33H2,(H,46,52)(H,47,55)(H,48,54)(H,49,53)(H,50,56)(H,57,58)(H,59,60)(H,61,62)(H,63,64)/t34-,35-,36-/m0/s1. The third-order valence-corrected chi connectivity index (χ3v) is 10.1. The summed E-state index contributed by atoms with van der Waals surface area (Å²) in [5.41, 5.74) is 0. The van der Waals surface area contributed by atoms with Crippen LogP contribution in [0.25, 0.3) is 0 Å². The average Bonchev–Trinajstić information content (AvgIpc) is 3.28. The highest BCUT2D eigenvalue weighted by atomic mass is 16.5. The van der Waals surface area contributed by atoms with Gasteiger partial charge in [0.25, 0.3) is 0 Å². The molecule has 0 unspecified atom stereocenters. The maximum atomic E-state index is 12.3. The van der Waals surface area contributed by atoms with Crippen LogP contribution in [0.3, 0.4) is 0 Å². The van der Waals surface area contributed by atoms with Crippen molar-refractivity contribution in [2.45, 2.75) is 159 Å². The minimum atomic E-state index is -1.44. The molecule has 3 atom stereocenters. The number of unbranched alkanes of at least 4 members (excludes halogenated alkanes) is 13. The highest BCUT2D eigenvalue weighted by molar-refractivity contribution is 5.87. The molecule has 5 amide bonds. The SMILES string of the molecule is O=[C]CC[C@H](NC(=O)CC[C@H](NC(=O)COCCOCCNC(=O)COCCOCCNC(=O)CC[C@H](NC(=O)CCCCCCCCCCCCCCCCC(=O)O)C(=O)O)C(=O)O)C(=O)O. The van der Waals surface area contributed by atoms with Crippen LogP contribution in [0.1, 0.15) is 141 Å². The Kier molecular flexibility index (Phi) is 39.7. The predicted octanol–water partition coefficient (Wildman–Crippen LogP) is 1.77. The van der Waals surface area contributed by atoms with Crippen molar-refractivity contribution in [3.05, 3.63) is 0 Å². The second kappa shape index (κ2) is 43.0. The van der Waals surface area contributed by atoms with Crippen LogP contribution >= 0.6 is 0 Å². The molecular formula is C45H76N5O18. The lowest BCUT2D eigenvalue weighted by Gasteiger charge is -2.16. The molecule has 23 heteroatoms. The van der Waals surface area contributed by atoms with Gasteiger partial charge in [0.2, 0.25) is 29.5 Å². The molecule has 0 spiro atoms. The van der Waals surface area contributed by atoms with E-state index in [4.69, 9.17) is 29.2 Å². The number of hydrogen-bond donors (Lipinski definition) is 9. The molecular weight excluding hydrogens is 899 g/mol. The highest BCUT2D eigenvalue weighted by Gasteiger charge is 2.24. The van der Waals surface area contributed by atoms with Crippen molar-refractivity contribution in [3.8, 4) is 0 Å². The van der Waals surface area contributed by atoms with Crippen molar-refractivity contribution in [1.29, 1.82) is 0 Å². The molecule has 0 bridgehead atoms. The summed E-state index contributed by atoms with van der Waals surface area (Å²) in [6.07, 6.45) is 15.6. The van der Waals surface area contributed by atoms with Gasteiger partial charge in [-0.3, -0.25) is 33.6 Å². The third kappa shape index (κ3) is 39.9. The summed E-state index contributed by atoms with van der Waals surface area (Å²) in [7, 11) is 0. The van der Waals surface area contributed by atoms with Crippen molar-refractivity contribution in [2.24, 2.45) is 0 Å². The lowest BCUT2D eigenvalue weighted by Crippen LogP contribution is -2.44. The first-order chi connectivity index (χ1) is 32.7. The summed E-state index contributed by atoms with van der Waals surface area (Å²) >= 11 is 0. The number of carbonyl (C=O) groups is 9. The Hall–Kier alpha value is -5.26. The summed E-state index contributed by atoms with van der Waals surface area (Å²) in [5.74, 6) is -7.40. The monoisotopic (exact) mass is 975 g/mol. The minimum absolute atomic E-state index is 0.0266. The number of ether oxygens (including phenoxy) is 4. The zero-order chi connectivity index (χ0) is 50.6. The fourth-order valence-electron chi connectivity index (χ4n) is 6.41. The van der Waals surface area contributed by atoms with E-state index < -0.39 is 72.8 Å². The van der Waals surface area contributed by atoms with E-state index in [1.54, 1.807) is 0 Å². The number of carboxylic acids is 4. The van der Waals surface area contributed by atoms with Crippen molar-refractivity contribution in [1.82, 2.24) is 26.6 Å². The van der Waals surface area contributed by atoms with Gasteiger partial charge < -0.3 is 66.0 Å². The number of rotatable bonds is 48. The molecule has 0 saturated heterocycles. The van der Waals surface area contributed by atoms with E-state index in [1.165, 1.54) is 38.4 Å². The van der Waals surface area contributed by atoms with Gasteiger partial charge in [0.15, 0.2) is 6.29 Å². The van der Waals surface area contributed by atoms with Crippen molar-refractivity contribution in [2.75, 3.05) is 65.9 Å².